The van der Waals surface area contributed by atoms with Crippen LogP contribution < -0.4 is 4.74 Å². The maximum atomic E-state index is 12.8. The van der Waals surface area contributed by atoms with Gasteiger partial charge in [0.15, 0.2) is 0 Å². The van der Waals surface area contributed by atoms with E-state index in [0.29, 0.717) is 25.1 Å². The highest BCUT2D eigenvalue weighted by Gasteiger charge is 2.32. The molecule has 7 heteroatoms. The molecule has 2 heterocycles. The van der Waals surface area contributed by atoms with Gasteiger partial charge in [0.25, 0.3) is 5.91 Å². The maximum absolute atomic E-state index is 12.8. The van der Waals surface area contributed by atoms with Gasteiger partial charge in [-0.1, -0.05) is 6.07 Å². The molecule has 0 aliphatic carbocycles. The van der Waals surface area contributed by atoms with Crippen LogP contribution in [0.1, 0.15) is 33.5 Å². The summed E-state index contributed by atoms with van der Waals surface area (Å²) >= 11 is 0. The zero-order valence-corrected chi connectivity index (χ0v) is 14.5. The number of carbonyl (C=O) groups excluding carboxylic acids is 1. The van der Waals surface area contributed by atoms with Crippen LogP contribution in [0.25, 0.3) is 0 Å². The minimum Gasteiger partial charge on any atom is -0.472 e. The number of hydrogen-bond donors (Lipinski definition) is 0. The van der Waals surface area contributed by atoms with E-state index in [1.54, 1.807) is 11.0 Å². The van der Waals surface area contributed by atoms with Crippen LogP contribution in [-0.4, -0.2) is 35.0 Å². The Labute approximate surface area is 149 Å². The molecule has 1 aliphatic heterocycles. The highest BCUT2D eigenvalue weighted by molar-refractivity contribution is 5.94. The predicted molar refractivity (Wildman–Crippen MR) is 90.1 cm³/mol. The highest BCUT2D eigenvalue weighted by Crippen LogP contribution is 2.31. The van der Waals surface area contributed by atoms with Crippen LogP contribution >= 0.6 is 0 Å². The number of aryl methyl sites for hydroxylation is 2. The van der Waals surface area contributed by atoms with E-state index in [1.807, 2.05) is 26.0 Å². The lowest BCUT2D eigenvalue weighted by Gasteiger charge is -2.18. The van der Waals surface area contributed by atoms with Gasteiger partial charge in [-0.2, -0.15) is 13.2 Å². The summed E-state index contributed by atoms with van der Waals surface area (Å²) in [5.41, 5.74) is 1.95. The van der Waals surface area contributed by atoms with E-state index < -0.39 is 11.7 Å². The minimum absolute atomic E-state index is 0.0784. The zero-order valence-electron chi connectivity index (χ0n) is 14.5. The number of nitrogens with zero attached hydrogens (tertiary/aromatic N) is 2. The standard InChI is InChI=1S/C19H19F3N2O2/c1-12-3-4-14(9-13(12)2)18(25)24-8-6-16(11-24)26-17-10-15(5-7-23-17)19(20,21)22/h3-5,7,9-10,16H,6,8,11H2,1-2H3. The van der Waals surface area contributed by atoms with Crippen LogP contribution in [0.3, 0.4) is 0 Å². The number of likely N-dealkylation sites (tertiary alicyclic amines) is 1. The lowest BCUT2D eigenvalue weighted by Crippen LogP contribution is -2.31. The normalized spacial score (nSPS) is 17.4. The average molecular weight is 364 g/mol. The monoisotopic (exact) mass is 364 g/mol. The fourth-order valence-corrected chi connectivity index (χ4v) is 2.89. The fourth-order valence-electron chi connectivity index (χ4n) is 2.89. The van der Waals surface area contributed by atoms with Crippen molar-refractivity contribution in [2.75, 3.05) is 13.1 Å². The van der Waals surface area contributed by atoms with Crippen LogP contribution in [0.2, 0.25) is 0 Å². The molecule has 1 unspecified atom stereocenters. The number of pyridine rings is 1. The Morgan fingerprint density at radius 3 is 2.65 bits per heavy atom. The number of ether oxygens (including phenoxy) is 1. The number of hydrogen-bond acceptors (Lipinski definition) is 3. The van der Waals surface area contributed by atoms with Gasteiger partial charge < -0.3 is 9.64 Å². The van der Waals surface area contributed by atoms with Crippen LogP contribution in [0, 0.1) is 13.8 Å². The summed E-state index contributed by atoms with van der Waals surface area (Å²) in [6, 6.07) is 7.32. The molecule has 1 amide bonds. The van der Waals surface area contributed by atoms with Crippen molar-refractivity contribution in [2.45, 2.75) is 32.5 Å². The first-order chi connectivity index (χ1) is 12.2. The lowest BCUT2D eigenvalue weighted by atomic mass is 10.1. The molecular formula is C19H19F3N2O2. The molecule has 3 rings (SSSR count). The Kier molecular flexibility index (Phi) is 4.89. The van der Waals surface area contributed by atoms with Gasteiger partial charge in [-0.3, -0.25) is 4.79 Å². The minimum atomic E-state index is -4.44. The van der Waals surface area contributed by atoms with Gasteiger partial charge in [-0.25, -0.2) is 4.98 Å². The molecule has 1 aromatic carbocycles. The highest BCUT2D eigenvalue weighted by atomic mass is 19.4. The lowest BCUT2D eigenvalue weighted by molar-refractivity contribution is -0.137. The van der Waals surface area contributed by atoms with Gasteiger partial charge in [0.05, 0.1) is 12.1 Å². The summed E-state index contributed by atoms with van der Waals surface area (Å²) in [6.45, 7) is 4.74. The summed E-state index contributed by atoms with van der Waals surface area (Å²) in [4.78, 5) is 18.1. The summed E-state index contributed by atoms with van der Waals surface area (Å²) in [5.74, 6) is -0.179. The summed E-state index contributed by atoms with van der Waals surface area (Å²) in [6.07, 6.45) is -3.19. The van der Waals surface area contributed by atoms with Crippen LogP contribution in [0.15, 0.2) is 36.5 Å². The topological polar surface area (TPSA) is 42.4 Å². The smallest absolute Gasteiger partial charge is 0.416 e. The molecule has 0 spiro atoms. The first-order valence-electron chi connectivity index (χ1n) is 8.30. The Hall–Kier alpha value is -2.57. The Balaban J connectivity index is 1.65. The molecule has 0 saturated carbocycles. The Morgan fingerprint density at radius 2 is 1.96 bits per heavy atom. The first-order valence-corrected chi connectivity index (χ1v) is 8.30. The van der Waals surface area contributed by atoms with Crippen molar-refractivity contribution in [3.05, 3.63) is 58.8 Å². The second-order valence-corrected chi connectivity index (χ2v) is 6.46. The van der Waals surface area contributed by atoms with E-state index in [4.69, 9.17) is 4.74 Å². The van der Waals surface area contributed by atoms with Crippen molar-refractivity contribution in [3.63, 3.8) is 0 Å². The molecule has 1 aliphatic rings. The molecule has 1 saturated heterocycles. The third-order valence-electron chi connectivity index (χ3n) is 4.54. The summed E-state index contributed by atoms with van der Waals surface area (Å²) in [5, 5.41) is 0. The van der Waals surface area contributed by atoms with E-state index in [2.05, 4.69) is 4.98 Å². The number of alkyl halides is 3. The Bertz CT molecular complexity index is 821. The molecule has 1 aromatic heterocycles. The molecule has 0 radical (unpaired) electrons. The predicted octanol–water partition coefficient (Wildman–Crippen LogP) is 4.01. The molecule has 2 aromatic rings. The molecule has 26 heavy (non-hydrogen) atoms. The largest absolute Gasteiger partial charge is 0.472 e. The van der Waals surface area contributed by atoms with Gasteiger partial charge in [-0.05, 0) is 43.2 Å². The molecule has 138 valence electrons. The average Bonchev–Trinajstić information content (AvgIpc) is 3.04. The SMILES string of the molecule is Cc1ccc(C(=O)N2CCC(Oc3cc(C(F)(F)F)ccn3)C2)cc1C. The van der Waals surface area contributed by atoms with Crippen LogP contribution in [-0.2, 0) is 6.18 Å². The molecule has 4 nitrogen and oxygen atoms in total. The molecule has 0 bridgehead atoms. The molecular weight excluding hydrogens is 345 g/mol. The number of carbonyl (C=O) groups is 1. The van der Waals surface area contributed by atoms with Gasteiger partial charge in [-0.15, -0.1) is 0 Å². The number of benzene rings is 1. The van der Waals surface area contributed by atoms with Crippen LogP contribution in [0.5, 0.6) is 5.88 Å². The third kappa shape index (κ3) is 3.98. The summed E-state index contributed by atoms with van der Waals surface area (Å²) < 4.78 is 43.9. The molecule has 0 N–H and O–H groups in total. The van der Waals surface area contributed by atoms with E-state index in [9.17, 15) is 18.0 Å². The van der Waals surface area contributed by atoms with Crippen LogP contribution in [0.4, 0.5) is 13.2 Å². The first kappa shape index (κ1) is 18.2. The molecule has 1 atom stereocenters. The number of amides is 1. The van der Waals surface area contributed by atoms with Crippen molar-refractivity contribution < 1.29 is 22.7 Å². The maximum Gasteiger partial charge on any atom is 0.416 e. The number of aromatic nitrogens is 1. The Morgan fingerprint density at radius 1 is 1.19 bits per heavy atom. The summed E-state index contributed by atoms with van der Waals surface area (Å²) in [7, 11) is 0. The molecule has 1 fully saturated rings. The van der Waals surface area contributed by atoms with Gasteiger partial charge in [0.2, 0.25) is 5.88 Å². The second kappa shape index (κ2) is 6.97. The van der Waals surface area contributed by atoms with Gasteiger partial charge in [0, 0.05) is 30.8 Å². The van der Waals surface area contributed by atoms with Crippen molar-refractivity contribution in [2.24, 2.45) is 0 Å². The van der Waals surface area contributed by atoms with Crippen molar-refractivity contribution in [1.82, 2.24) is 9.88 Å². The van der Waals surface area contributed by atoms with E-state index in [0.717, 1.165) is 29.5 Å². The van der Waals surface area contributed by atoms with E-state index in [1.165, 1.54) is 0 Å². The van der Waals surface area contributed by atoms with Gasteiger partial charge >= 0.3 is 6.18 Å². The van der Waals surface area contributed by atoms with Crippen molar-refractivity contribution in [1.29, 1.82) is 0 Å². The number of rotatable bonds is 3. The number of halogens is 3. The zero-order chi connectivity index (χ0) is 18.9. The second-order valence-electron chi connectivity index (χ2n) is 6.46. The van der Waals surface area contributed by atoms with Crippen molar-refractivity contribution >= 4 is 5.91 Å². The fraction of sp³-hybridized carbons (Fsp3) is 0.368. The van der Waals surface area contributed by atoms with E-state index in [-0.39, 0.29) is 17.9 Å². The van der Waals surface area contributed by atoms with Gasteiger partial charge in [0.1, 0.15) is 6.10 Å². The van der Waals surface area contributed by atoms with E-state index >= 15 is 0 Å². The quantitative estimate of drug-likeness (QED) is 0.826. The van der Waals surface area contributed by atoms with Crippen molar-refractivity contribution in [3.8, 4) is 5.88 Å². The third-order valence-corrected chi connectivity index (χ3v) is 4.54.